The molecule has 0 spiro atoms. The van der Waals surface area contributed by atoms with Crippen LogP contribution in [0, 0.1) is 10.1 Å². The Morgan fingerprint density at radius 3 is 2.88 bits per heavy atom. The Labute approximate surface area is 96.2 Å². The SMILES string of the molecule is COc1ccc([N+](=O)[O-])cc1C=NNC(N)=O. The quantitative estimate of drug-likeness (QED) is 0.453. The number of rotatable bonds is 4. The number of nitro groups is 1. The van der Waals surface area contributed by atoms with E-state index in [0.717, 1.165) is 0 Å². The first-order valence-electron chi connectivity index (χ1n) is 4.45. The van der Waals surface area contributed by atoms with Gasteiger partial charge in [-0.2, -0.15) is 5.10 Å². The van der Waals surface area contributed by atoms with Gasteiger partial charge in [-0.3, -0.25) is 10.1 Å². The van der Waals surface area contributed by atoms with Crippen LogP contribution in [0.3, 0.4) is 0 Å². The molecule has 0 radical (unpaired) electrons. The van der Waals surface area contributed by atoms with Gasteiger partial charge in [0.1, 0.15) is 5.75 Å². The van der Waals surface area contributed by atoms with Gasteiger partial charge in [-0.05, 0) is 6.07 Å². The molecule has 17 heavy (non-hydrogen) atoms. The normalized spacial score (nSPS) is 10.2. The van der Waals surface area contributed by atoms with Crippen molar-refractivity contribution in [1.29, 1.82) is 0 Å². The third-order valence-electron chi connectivity index (χ3n) is 1.80. The Hall–Kier alpha value is -2.64. The number of hydrazone groups is 1. The van der Waals surface area contributed by atoms with Crippen LogP contribution in [0.4, 0.5) is 10.5 Å². The number of nitrogens with one attached hydrogen (secondary N) is 1. The first kappa shape index (κ1) is 12.4. The van der Waals surface area contributed by atoms with Crippen LogP contribution in [0.15, 0.2) is 23.3 Å². The molecule has 0 heterocycles. The zero-order valence-corrected chi connectivity index (χ0v) is 8.91. The lowest BCUT2D eigenvalue weighted by Gasteiger charge is -2.03. The maximum atomic E-state index is 10.6. The highest BCUT2D eigenvalue weighted by Crippen LogP contribution is 2.22. The number of nitrogens with two attached hydrogens (primary N) is 1. The van der Waals surface area contributed by atoms with Crippen molar-refractivity contribution in [2.24, 2.45) is 10.8 Å². The summed E-state index contributed by atoms with van der Waals surface area (Å²) in [6, 6.07) is 3.18. The molecule has 1 rings (SSSR count). The molecule has 0 atom stereocenters. The van der Waals surface area contributed by atoms with Gasteiger partial charge >= 0.3 is 6.03 Å². The molecular formula is C9H10N4O4. The molecule has 3 N–H and O–H groups in total. The number of hydrogen-bond donors (Lipinski definition) is 2. The molecule has 90 valence electrons. The maximum absolute atomic E-state index is 10.6. The number of nitro benzene ring substituents is 1. The molecule has 0 aliphatic rings. The van der Waals surface area contributed by atoms with E-state index in [1.165, 1.54) is 31.5 Å². The highest BCUT2D eigenvalue weighted by Gasteiger charge is 2.09. The molecule has 0 saturated carbocycles. The zero-order valence-electron chi connectivity index (χ0n) is 8.91. The van der Waals surface area contributed by atoms with E-state index in [2.05, 4.69) is 5.10 Å². The van der Waals surface area contributed by atoms with Crippen LogP contribution in [0.5, 0.6) is 5.75 Å². The summed E-state index contributed by atoms with van der Waals surface area (Å²) in [5.74, 6) is 0.394. The molecule has 0 unspecified atom stereocenters. The van der Waals surface area contributed by atoms with Gasteiger partial charge < -0.3 is 10.5 Å². The van der Waals surface area contributed by atoms with Crippen molar-refractivity contribution >= 4 is 17.9 Å². The van der Waals surface area contributed by atoms with Crippen molar-refractivity contribution in [2.75, 3.05) is 7.11 Å². The number of non-ortho nitro benzene ring substituents is 1. The first-order valence-corrected chi connectivity index (χ1v) is 4.45. The van der Waals surface area contributed by atoms with E-state index in [0.29, 0.717) is 11.3 Å². The average molecular weight is 238 g/mol. The maximum Gasteiger partial charge on any atom is 0.332 e. The number of nitrogens with zero attached hydrogens (tertiary/aromatic N) is 2. The second kappa shape index (κ2) is 5.45. The van der Waals surface area contributed by atoms with Gasteiger partial charge in [0.15, 0.2) is 0 Å². The van der Waals surface area contributed by atoms with Crippen molar-refractivity contribution in [3.8, 4) is 5.75 Å². The van der Waals surface area contributed by atoms with E-state index in [9.17, 15) is 14.9 Å². The molecule has 0 aromatic heterocycles. The highest BCUT2D eigenvalue weighted by atomic mass is 16.6. The van der Waals surface area contributed by atoms with Gasteiger partial charge in [0, 0.05) is 17.7 Å². The number of carbonyl (C=O) groups excluding carboxylic acids is 1. The molecule has 0 aliphatic heterocycles. The largest absolute Gasteiger partial charge is 0.496 e. The zero-order chi connectivity index (χ0) is 12.8. The number of urea groups is 1. The van der Waals surface area contributed by atoms with E-state index in [-0.39, 0.29) is 5.69 Å². The van der Waals surface area contributed by atoms with Crippen molar-refractivity contribution in [3.63, 3.8) is 0 Å². The number of amides is 2. The van der Waals surface area contributed by atoms with E-state index >= 15 is 0 Å². The first-order chi connectivity index (χ1) is 8.04. The van der Waals surface area contributed by atoms with Crippen LogP contribution in [-0.4, -0.2) is 24.3 Å². The van der Waals surface area contributed by atoms with Crippen LogP contribution in [0.1, 0.15) is 5.56 Å². The lowest BCUT2D eigenvalue weighted by atomic mass is 10.2. The minimum Gasteiger partial charge on any atom is -0.496 e. The van der Waals surface area contributed by atoms with E-state index in [1.807, 2.05) is 5.43 Å². The molecule has 0 aliphatic carbocycles. The van der Waals surface area contributed by atoms with Gasteiger partial charge in [0.2, 0.25) is 0 Å². The Morgan fingerprint density at radius 1 is 1.65 bits per heavy atom. The molecule has 0 saturated heterocycles. The van der Waals surface area contributed by atoms with Crippen LogP contribution in [0.2, 0.25) is 0 Å². The minimum absolute atomic E-state index is 0.105. The van der Waals surface area contributed by atoms with Crippen LogP contribution >= 0.6 is 0 Å². The van der Waals surface area contributed by atoms with Crippen molar-refractivity contribution in [3.05, 3.63) is 33.9 Å². The molecule has 1 aromatic rings. The standard InChI is InChI=1S/C9H10N4O4/c1-17-8-3-2-7(13(15)16)4-6(8)5-11-12-9(10)14/h2-5H,1H3,(H3,10,12,14). The third-order valence-corrected chi connectivity index (χ3v) is 1.80. The predicted octanol–water partition coefficient (Wildman–Crippen LogP) is 0.606. The minimum atomic E-state index is -0.828. The van der Waals surface area contributed by atoms with Crippen LogP contribution in [-0.2, 0) is 0 Å². The summed E-state index contributed by atoms with van der Waals surface area (Å²) >= 11 is 0. The average Bonchev–Trinajstić information content (AvgIpc) is 2.28. The van der Waals surface area contributed by atoms with Crippen LogP contribution < -0.4 is 15.9 Å². The summed E-state index contributed by atoms with van der Waals surface area (Å²) < 4.78 is 4.98. The fourth-order valence-corrected chi connectivity index (χ4v) is 1.10. The lowest BCUT2D eigenvalue weighted by molar-refractivity contribution is -0.384. The summed E-state index contributed by atoms with van der Waals surface area (Å²) in [5.41, 5.74) is 7.03. The van der Waals surface area contributed by atoms with Gasteiger partial charge in [-0.25, -0.2) is 10.2 Å². The van der Waals surface area contributed by atoms with Crippen molar-refractivity contribution in [2.45, 2.75) is 0 Å². The Balaban J connectivity index is 3.01. The van der Waals surface area contributed by atoms with E-state index in [1.54, 1.807) is 0 Å². The highest BCUT2D eigenvalue weighted by molar-refractivity contribution is 5.85. The number of methoxy groups -OCH3 is 1. The van der Waals surface area contributed by atoms with Crippen LogP contribution in [0.25, 0.3) is 0 Å². The molecule has 0 bridgehead atoms. The monoisotopic (exact) mass is 238 g/mol. The fourth-order valence-electron chi connectivity index (χ4n) is 1.10. The Bertz CT molecular complexity index is 472. The molecule has 2 amide bonds. The lowest BCUT2D eigenvalue weighted by Crippen LogP contribution is -2.24. The van der Waals surface area contributed by atoms with Gasteiger partial charge in [0.25, 0.3) is 5.69 Å². The fraction of sp³-hybridized carbons (Fsp3) is 0.111. The second-order valence-electron chi connectivity index (χ2n) is 2.92. The second-order valence-corrected chi connectivity index (χ2v) is 2.92. The Morgan fingerprint density at radius 2 is 2.35 bits per heavy atom. The summed E-state index contributed by atoms with van der Waals surface area (Å²) in [5, 5.41) is 14.1. The number of primary amides is 1. The number of ether oxygens (including phenoxy) is 1. The Kier molecular flexibility index (Phi) is 3.98. The van der Waals surface area contributed by atoms with Crippen molar-refractivity contribution in [1.82, 2.24) is 5.43 Å². The summed E-state index contributed by atoms with van der Waals surface area (Å²) in [7, 11) is 1.42. The number of carbonyl (C=O) groups is 1. The molecule has 1 aromatic carbocycles. The summed E-state index contributed by atoms with van der Waals surface area (Å²) in [6.07, 6.45) is 1.20. The summed E-state index contributed by atoms with van der Waals surface area (Å²) in [4.78, 5) is 20.4. The van der Waals surface area contributed by atoms with Crippen molar-refractivity contribution < 1.29 is 14.5 Å². The van der Waals surface area contributed by atoms with Gasteiger partial charge in [-0.1, -0.05) is 0 Å². The smallest absolute Gasteiger partial charge is 0.332 e. The molecule has 8 nitrogen and oxygen atoms in total. The molecule has 0 fully saturated rings. The molecule has 8 heteroatoms. The van der Waals surface area contributed by atoms with E-state index < -0.39 is 11.0 Å². The van der Waals surface area contributed by atoms with Gasteiger partial charge in [-0.15, -0.1) is 0 Å². The summed E-state index contributed by atoms with van der Waals surface area (Å²) in [6.45, 7) is 0. The molecular weight excluding hydrogens is 228 g/mol. The third kappa shape index (κ3) is 3.45. The van der Waals surface area contributed by atoms with Gasteiger partial charge in [0.05, 0.1) is 18.2 Å². The predicted molar refractivity (Wildman–Crippen MR) is 60.0 cm³/mol. The number of benzene rings is 1. The topological polar surface area (TPSA) is 120 Å². The van der Waals surface area contributed by atoms with E-state index in [4.69, 9.17) is 10.5 Å². The number of hydrogen-bond acceptors (Lipinski definition) is 5.